The summed E-state index contributed by atoms with van der Waals surface area (Å²) < 4.78 is 5.49. The third-order valence-corrected chi connectivity index (χ3v) is 8.35. The Kier molecular flexibility index (Phi) is 10.1. The van der Waals surface area contributed by atoms with Gasteiger partial charge < -0.3 is 20.1 Å². The number of rotatable bonds is 8. The minimum atomic E-state index is -0.466. The molecule has 2 atom stereocenters. The summed E-state index contributed by atoms with van der Waals surface area (Å²) in [6.07, 6.45) is 3.42. The molecule has 2 saturated heterocycles. The van der Waals surface area contributed by atoms with Crippen LogP contribution in [-0.2, 0) is 45.1 Å². The van der Waals surface area contributed by atoms with Gasteiger partial charge in [-0.25, -0.2) is 0 Å². The van der Waals surface area contributed by atoms with E-state index >= 15 is 0 Å². The third-order valence-electron chi connectivity index (χ3n) is 8.35. The van der Waals surface area contributed by atoms with Gasteiger partial charge in [0.1, 0.15) is 12.1 Å². The van der Waals surface area contributed by atoms with Gasteiger partial charge in [-0.1, -0.05) is 75.2 Å². The first-order chi connectivity index (χ1) is 19.0. The maximum atomic E-state index is 14.1. The van der Waals surface area contributed by atoms with Crippen LogP contribution < -0.4 is 5.32 Å². The van der Waals surface area contributed by atoms with Gasteiger partial charge in [0.25, 0.3) is 6.47 Å². The second kappa shape index (κ2) is 13.7. The maximum Gasteiger partial charge on any atom is 0.290 e. The highest BCUT2D eigenvalue weighted by Crippen LogP contribution is 2.33. The number of fused-ring (bicyclic) bond motifs is 1. The molecule has 0 saturated carbocycles. The van der Waals surface area contributed by atoms with E-state index in [0.717, 1.165) is 64.1 Å². The molecule has 2 aromatic rings. The van der Waals surface area contributed by atoms with Crippen molar-refractivity contribution in [2.75, 3.05) is 26.3 Å². The lowest BCUT2D eigenvalue weighted by Crippen LogP contribution is -2.66. The van der Waals surface area contributed by atoms with Crippen LogP contribution in [0.25, 0.3) is 0 Å². The van der Waals surface area contributed by atoms with Crippen LogP contribution in [0.1, 0.15) is 48.9 Å². The summed E-state index contributed by atoms with van der Waals surface area (Å²) in [7, 11) is 0. The van der Waals surface area contributed by atoms with Gasteiger partial charge in [0.15, 0.2) is 0 Å². The lowest BCUT2D eigenvalue weighted by molar-refractivity contribution is -0.154. The van der Waals surface area contributed by atoms with Crippen LogP contribution in [-0.4, -0.2) is 71.6 Å². The second-order valence-electron chi connectivity index (χ2n) is 10.7. The average Bonchev–Trinajstić information content (AvgIpc) is 3.38. The molecule has 2 fully saturated rings. The van der Waals surface area contributed by atoms with Crippen LogP contribution in [0.5, 0.6) is 0 Å². The zero-order chi connectivity index (χ0) is 27.8. The number of benzene rings is 2. The smallest absolute Gasteiger partial charge is 0.290 e. The first kappa shape index (κ1) is 28.8. The average molecular weight is 536 g/mol. The highest BCUT2D eigenvalue weighted by Gasteiger charge is 2.46. The Bertz CT molecular complexity index is 1100. The van der Waals surface area contributed by atoms with E-state index in [-0.39, 0.29) is 30.1 Å². The lowest BCUT2D eigenvalue weighted by Gasteiger charge is -2.43. The Morgan fingerprint density at radius 3 is 2.15 bits per heavy atom. The molecule has 0 bridgehead atoms. The van der Waals surface area contributed by atoms with Gasteiger partial charge in [0, 0.05) is 26.2 Å². The quantitative estimate of drug-likeness (QED) is 0.504. The minimum absolute atomic E-state index is 0.00808. The second-order valence-corrected chi connectivity index (χ2v) is 10.7. The van der Waals surface area contributed by atoms with Gasteiger partial charge in [-0.2, -0.15) is 0 Å². The van der Waals surface area contributed by atoms with E-state index in [2.05, 4.69) is 72.6 Å². The molecule has 8 heteroatoms. The summed E-state index contributed by atoms with van der Waals surface area (Å²) in [6.45, 7) is 8.78. The van der Waals surface area contributed by atoms with E-state index in [1.54, 1.807) is 0 Å². The number of carbonyl (C=O) groups is 3. The van der Waals surface area contributed by atoms with Crippen molar-refractivity contribution in [2.45, 2.75) is 64.7 Å². The number of nitrogens with one attached hydrogen (secondary N) is 1. The van der Waals surface area contributed by atoms with E-state index < -0.39 is 12.1 Å². The fourth-order valence-corrected chi connectivity index (χ4v) is 6.33. The lowest BCUT2D eigenvalue weighted by atomic mass is 9.86. The summed E-state index contributed by atoms with van der Waals surface area (Å²) in [6, 6.07) is 16.1. The van der Waals surface area contributed by atoms with Crippen molar-refractivity contribution < 1.29 is 24.2 Å². The number of piperazine rings is 1. The van der Waals surface area contributed by atoms with Crippen LogP contribution in [0, 0.1) is 11.8 Å². The number of hydrogen-bond donors (Lipinski definition) is 2. The largest absolute Gasteiger partial charge is 0.483 e. The molecule has 0 radical (unpaired) electrons. The van der Waals surface area contributed by atoms with Crippen molar-refractivity contribution in [3.8, 4) is 0 Å². The molecule has 3 aliphatic rings. The van der Waals surface area contributed by atoms with Gasteiger partial charge >= 0.3 is 0 Å². The van der Waals surface area contributed by atoms with Crippen molar-refractivity contribution in [1.82, 2.24) is 15.1 Å². The minimum Gasteiger partial charge on any atom is -0.483 e. The molecule has 0 unspecified atom stereocenters. The molecular weight excluding hydrogens is 494 g/mol. The first-order valence-corrected chi connectivity index (χ1v) is 14.1. The molecule has 0 aromatic heterocycles. The summed E-state index contributed by atoms with van der Waals surface area (Å²) in [4.78, 5) is 40.3. The monoisotopic (exact) mass is 535 g/mol. The third kappa shape index (κ3) is 6.86. The normalized spacial score (nSPS) is 21.8. The van der Waals surface area contributed by atoms with Crippen molar-refractivity contribution in [3.63, 3.8) is 0 Å². The number of nitrogens with zero attached hydrogens (tertiary/aromatic N) is 2. The molecule has 2 amide bonds. The van der Waals surface area contributed by atoms with Gasteiger partial charge in [-0.05, 0) is 46.9 Å². The Morgan fingerprint density at radius 1 is 0.974 bits per heavy atom. The summed E-state index contributed by atoms with van der Waals surface area (Å²) in [5, 5.41) is 10.1. The van der Waals surface area contributed by atoms with Crippen molar-refractivity contribution in [1.29, 1.82) is 0 Å². The number of morpholine rings is 1. The fraction of sp³-hybridized carbons (Fsp3) is 0.516. The zero-order valence-corrected chi connectivity index (χ0v) is 23.1. The number of amides is 2. The molecule has 8 nitrogen and oxygen atoms in total. The van der Waals surface area contributed by atoms with Gasteiger partial charge in [-0.15, -0.1) is 0 Å². The molecule has 1 aliphatic carbocycles. The Labute approximate surface area is 231 Å². The SMILES string of the molecule is CCC(CC)[C@@H]1C(=O)N[C@H](C2Cc3ccccc3C2)C(=O)N1Cc1cccc(CN2CCOCC2)c1.O=CO. The highest BCUT2D eigenvalue weighted by molar-refractivity contribution is 5.97. The molecule has 2 aliphatic heterocycles. The standard InChI is InChI=1S/C30H39N3O3.CH2O2/c1-3-23(4-2)28-29(34)31-27(26-17-24-10-5-6-11-25(24)18-26)30(35)33(28)20-22-9-7-8-21(16-22)19-32-12-14-36-15-13-32;2-1-3/h5-11,16,23,26-28H,3-4,12-15,17-20H2,1-2H3,(H,31,34);1H,(H,2,3)/t27-,28-;/m1./s1. The number of carbonyl (C=O) groups excluding carboxylic acids is 2. The zero-order valence-electron chi connectivity index (χ0n) is 23.1. The Hall–Kier alpha value is -3.23. The number of hydrogen-bond acceptors (Lipinski definition) is 5. The fourth-order valence-electron chi connectivity index (χ4n) is 6.33. The molecule has 210 valence electrons. The summed E-state index contributed by atoms with van der Waals surface area (Å²) in [5.74, 6) is 0.334. The van der Waals surface area contributed by atoms with Crippen LogP contribution in [0.2, 0.25) is 0 Å². The van der Waals surface area contributed by atoms with Crippen LogP contribution in [0.15, 0.2) is 48.5 Å². The molecule has 5 rings (SSSR count). The molecular formula is C31H41N3O5. The van der Waals surface area contributed by atoms with Crippen LogP contribution in [0.3, 0.4) is 0 Å². The van der Waals surface area contributed by atoms with Crippen molar-refractivity contribution in [3.05, 3.63) is 70.8 Å². The van der Waals surface area contributed by atoms with E-state index in [1.165, 1.54) is 16.7 Å². The molecule has 2 aromatic carbocycles. The van der Waals surface area contributed by atoms with Gasteiger partial charge in [-0.3, -0.25) is 19.3 Å². The van der Waals surface area contributed by atoms with E-state index in [1.807, 2.05) is 4.90 Å². The van der Waals surface area contributed by atoms with E-state index in [9.17, 15) is 9.59 Å². The van der Waals surface area contributed by atoms with E-state index in [4.69, 9.17) is 14.6 Å². The van der Waals surface area contributed by atoms with Crippen LogP contribution in [0.4, 0.5) is 0 Å². The van der Waals surface area contributed by atoms with Crippen molar-refractivity contribution in [2.24, 2.45) is 11.8 Å². The molecule has 2 heterocycles. The highest BCUT2D eigenvalue weighted by atomic mass is 16.5. The predicted molar refractivity (Wildman–Crippen MR) is 149 cm³/mol. The van der Waals surface area contributed by atoms with E-state index in [0.29, 0.717) is 6.54 Å². The Morgan fingerprint density at radius 2 is 1.56 bits per heavy atom. The summed E-state index contributed by atoms with van der Waals surface area (Å²) >= 11 is 0. The van der Waals surface area contributed by atoms with Crippen LogP contribution >= 0.6 is 0 Å². The van der Waals surface area contributed by atoms with Crippen molar-refractivity contribution >= 4 is 18.3 Å². The first-order valence-electron chi connectivity index (χ1n) is 14.1. The number of ether oxygens (including phenoxy) is 1. The van der Waals surface area contributed by atoms with Gasteiger partial charge in [0.05, 0.1) is 13.2 Å². The molecule has 0 spiro atoms. The van der Waals surface area contributed by atoms with Gasteiger partial charge in [0.2, 0.25) is 11.8 Å². The molecule has 39 heavy (non-hydrogen) atoms. The predicted octanol–water partition coefficient (Wildman–Crippen LogP) is 3.27. The number of carboxylic acid groups (broad SMARTS) is 1. The topological polar surface area (TPSA) is 99.2 Å². The maximum absolute atomic E-state index is 14.1. The molecule has 2 N–H and O–H groups in total. The summed E-state index contributed by atoms with van der Waals surface area (Å²) in [5.41, 5.74) is 4.93. The Balaban J connectivity index is 0.00000112.